The van der Waals surface area contributed by atoms with E-state index in [1.165, 1.54) is 5.56 Å². The molecule has 3 rings (SSSR count). The van der Waals surface area contributed by atoms with Gasteiger partial charge in [0.05, 0.1) is 18.3 Å². The van der Waals surface area contributed by atoms with E-state index < -0.39 is 11.9 Å². The molecular formula is C32H39NO5. The average Bonchev–Trinajstić information content (AvgIpc) is 2.89. The third-order valence-corrected chi connectivity index (χ3v) is 6.59. The van der Waals surface area contributed by atoms with Gasteiger partial charge < -0.3 is 14.9 Å². The topological polar surface area (TPSA) is 87.1 Å². The fraction of sp³-hybridized carbons (Fsp3) is 0.375. The largest absolute Gasteiger partial charge is 0.481 e. The van der Waals surface area contributed by atoms with Crippen LogP contribution in [-0.4, -0.2) is 40.1 Å². The first-order chi connectivity index (χ1) is 18.1. The molecule has 3 aromatic rings. The Kier molecular flexibility index (Phi) is 10.6. The van der Waals surface area contributed by atoms with Crippen LogP contribution in [0.2, 0.25) is 0 Å². The fourth-order valence-electron chi connectivity index (χ4n) is 4.31. The highest BCUT2D eigenvalue weighted by molar-refractivity contribution is 5.87. The summed E-state index contributed by atoms with van der Waals surface area (Å²) in [5, 5.41) is 18.3. The van der Waals surface area contributed by atoms with Crippen molar-refractivity contribution in [2.75, 3.05) is 13.1 Å². The Morgan fingerprint density at radius 2 is 1.47 bits per heavy atom. The number of ether oxygens (including phenoxy) is 1. The summed E-state index contributed by atoms with van der Waals surface area (Å²) >= 11 is 0. The monoisotopic (exact) mass is 517 g/mol. The molecule has 1 unspecified atom stereocenters. The molecule has 6 heteroatoms. The average molecular weight is 518 g/mol. The van der Waals surface area contributed by atoms with Crippen molar-refractivity contribution >= 4 is 11.9 Å². The Labute approximate surface area is 225 Å². The molecule has 0 heterocycles. The zero-order valence-corrected chi connectivity index (χ0v) is 22.6. The van der Waals surface area contributed by atoms with E-state index in [2.05, 4.69) is 62.1 Å². The maximum Gasteiger partial charge on any atom is 0.335 e. The number of aromatic carboxylic acids is 1. The Hall–Kier alpha value is -3.48. The van der Waals surface area contributed by atoms with Crippen LogP contribution in [0.25, 0.3) is 0 Å². The smallest absolute Gasteiger partial charge is 0.335 e. The molecule has 0 spiro atoms. The van der Waals surface area contributed by atoms with Gasteiger partial charge in [-0.2, -0.15) is 0 Å². The van der Waals surface area contributed by atoms with Gasteiger partial charge in [0.15, 0.2) is 0 Å². The van der Waals surface area contributed by atoms with E-state index in [-0.39, 0.29) is 23.5 Å². The lowest BCUT2D eigenvalue weighted by atomic mass is 9.87. The highest BCUT2D eigenvalue weighted by Crippen LogP contribution is 2.25. The van der Waals surface area contributed by atoms with Crippen molar-refractivity contribution in [1.82, 2.24) is 4.90 Å². The Morgan fingerprint density at radius 3 is 2.05 bits per heavy atom. The normalized spacial score (nSPS) is 12.4. The zero-order valence-electron chi connectivity index (χ0n) is 22.6. The highest BCUT2D eigenvalue weighted by Gasteiger charge is 2.19. The lowest BCUT2D eigenvalue weighted by molar-refractivity contribution is -0.137. The predicted molar refractivity (Wildman–Crippen MR) is 149 cm³/mol. The second kappa shape index (κ2) is 13.9. The molecule has 0 aromatic heterocycles. The number of aliphatic carboxylic acids is 1. The van der Waals surface area contributed by atoms with Crippen molar-refractivity contribution in [2.24, 2.45) is 0 Å². The molecule has 0 fully saturated rings. The molecule has 0 aliphatic carbocycles. The van der Waals surface area contributed by atoms with E-state index in [0.717, 1.165) is 23.1 Å². The van der Waals surface area contributed by atoms with Gasteiger partial charge in [0.2, 0.25) is 0 Å². The number of unbranched alkanes of at least 4 members (excludes halogenated alkanes) is 1. The Balaban J connectivity index is 1.75. The number of nitrogens with zero attached hydrogens (tertiary/aromatic N) is 1. The Morgan fingerprint density at radius 1 is 0.842 bits per heavy atom. The van der Waals surface area contributed by atoms with Crippen molar-refractivity contribution in [3.05, 3.63) is 107 Å². The molecular weight excluding hydrogens is 478 g/mol. The van der Waals surface area contributed by atoms with E-state index in [1.54, 1.807) is 12.1 Å². The van der Waals surface area contributed by atoms with Crippen LogP contribution in [0.3, 0.4) is 0 Å². The standard InChI is InChI=1S/C32H39NO5/c1-32(2,3)28-18-14-25(15-19-28)23-38-29(26-9-5-4-6-10-26)22-33(20-8-7-11-30(34)35)21-24-12-16-27(17-13-24)31(36)37/h4-6,9-10,12-19,29H,7-8,11,20-23H2,1-3H3,(H,34,35)(H,36,37). The minimum Gasteiger partial charge on any atom is -0.481 e. The molecule has 0 radical (unpaired) electrons. The van der Waals surface area contributed by atoms with Crippen LogP contribution in [0, 0.1) is 0 Å². The van der Waals surface area contributed by atoms with Crippen LogP contribution < -0.4 is 0 Å². The molecule has 0 aliphatic rings. The summed E-state index contributed by atoms with van der Waals surface area (Å²) in [4.78, 5) is 24.5. The number of hydrogen-bond acceptors (Lipinski definition) is 4. The molecule has 0 saturated heterocycles. The second-order valence-electron chi connectivity index (χ2n) is 10.7. The number of carbonyl (C=O) groups is 2. The first-order valence-corrected chi connectivity index (χ1v) is 13.1. The van der Waals surface area contributed by atoms with E-state index >= 15 is 0 Å². The summed E-state index contributed by atoms with van der Waals surface area (Å²) in [6.45, 7) is 9.02. The molecule has 1 atom stereocenters. The van der Waals surface area contributed by atoms with E-state index in [4.69, 9.17) is 9.84 Å². The van der Waals surface area contributed by atoms with Crippen LogP contribution in [-0.2, 0) is 28.1 Å². The molecule has 38 heavy (non-hydrogen) atoms. The minimum absolute atomic E-state index is 0.0930. The van der Waals surface area contributed by atoms with Gasteiger partial charge >= 0.3 is 11.9 Å². The van der Waals surface area contributed by atoms with Crippen LogP contribution in [0.4, 0.5) is 0 Å². The SMILES string of the molecule is CC(C)(C)c1ccc(COC(CN(CCCCC(=O)O)Cc2ccc(C(=O)O)cc2)c2ccccc2)cc1. The quantitative estimate of drug-likeness (QED) is 0.232. The number of hydrogen-bond donors (Lipinski definition) is 2. The lowest BCUT2D eigenvalue weighted by Crippen LogP contribution is -2.30. The summed E-state index contributed by atoms with van der Waals surface area (Å²) in [6, 6.07) is 25.6. The lowest BCUT2D eigenvalue weighted by Gasteiger charge is -2.28. The highest BCUT2D eigenvalue weighted by atomic mass is 16.5. The maximum atomic E-state index is 11.2. The number of carboxylic acids is 2. The van der Waals surface area contributed by atoms with Crippen molar-refractivity contribution in [2.45, 2.75) is 64.7 Å². The van der Waals surface area contributed by atoms with Crippen LogP contribution >= 0.6 is 0 Å². The third kappa shape index (κ3) is 9.43. The van der Waals surface area contributed by atoms with E-state index in [1.807, 2.05) is 30.3 Å². The van der Waals surface area contributed by atoms with Gasteiger partial charge in [0, 0.05) is 19.5 Å². The van der Waals surface area contributed by atoms with Crippen LogP contribution in [0.1, 0.15) is 78.7 Å². The van der Waals surface area contributed by atoms with Gasteiger partial charge in [-0.05, 0) is 59.2 Å². The van der Waals surface area contributed by atoms with Crippen LogP contribution in [0.5, 0.6) is 0 Å². The zero-order chi connectivity index (χ0) is 27.5. The number of rotatable bonds is 14. The fourth-order valence-corrected chi connectivity index (χ4v) is 4.31. The van der Waals surface area contributed by atoms with E-state index in [0.29, 0.717) is 32.7 Å². The molecule has 3 aromatic carbocycles. The van der Waals surface area contributed by atoms with E-state index in [9.17, 15) is 14.7 Å². The summed E-state index contributed by atoms with van der Waals surface area (Å²) in [5.74, 6) is -1.74. The Bertz CT molecular complexity index is 1150. The summed E-state index contributed by atoms with van der Waals surface area (Å²) in [5.41, 5.74) is 4.81. The molecule has 6 nitrogen and oxygen atoms in total. The number of benzene rings is 3. The van der Waals surface area contributed by atoms with Crippen molar-refractivity contribution < 1.29 is 24.5 Å². The van der Waals surface area contributed by atoms with Gasteiger partial charge in [0.25, 0.3) is 0 Å². The molecule has 0 saturated carbocycles. The second-order valence-corrected chi connectivity index (χ2v) is 10.7. The van der Waals surface area contributed by atoms with Gasteiger partial charge in [-0.3, -0.25) is 9.69 Å². The molecule has 0 amide bonds. The number of carboxylic acid groups (broad SMARTS) is 2. The summed E-state index contributed by atoms with van der Waals surface area (Å²) < 4.78 is 6.49. The maximum absolute atomic E-state index is 11.2. The van der Waals surface area contributed by atoms with Crippen molar-refractivity contribution in [3.8, 4) is 0 Å². The summed E-state index contributed by atoms with van der Waals surface area (Å²) in [7, 11) is 0. The minimum atomic E-state index is -0.949. The van der Waals surface area contributed by atoms with Gasteiger partial charge in [0.1, 0.15) is 0 Å². The first kappa shape index (κ1) is 29.1. The predicted octanol–water partition coefficient (Wildman–Crippen LogP) is 6.70. The molecule has 2 N–H and O–H groups in total. The molecule has 0 bridgehead atoms. The van der Waals surface area contributed by atoms with Crippen LogP contribution in [0.15, 0.2) is 78.9 Å². The van der Waals surface area contributed by atoms with Gasteiger partial charge in [-0.1, -0.05) is 87.5 Å². The molecule has 202 valence electrons. The van der Waals surface area contributed by atoms with Gasteiger partial charge in [-0.15, -0.1) is 0 Å². The van der Waals surface area contributed by atoms with Gasteiger partial charge in [-0.25, -0.2) is 4.79 Å². The first-order valence-electron chi connectivity index (χ1n) is 13.1. The third-order valence-electron chi connectivity index (χ3n) is 6.59. The summed E-state index contributed by atoms with van der Waals surface area (Å²) in [6.07, 6.45) is 1.30. The van der Waals surface area contributed by atoms with Crippen molar-refractivity contribution in [1.29, 1.82) is 0 Å². The molecule has 0 aliphatic heterocycles. The van der Waals surface area contributed by atoms with Crippen molar-refractivity contribution in [3.63, 3.8) is 0 Å².